The van der Waals surface area contributed by atoms with E-state index >= 15 is 0 Å². The second kappa shape index (κ2) is 10.4. The van der Waals surface area contributed by atoms with Gasteiger partial charge in [0.2, 0.25) is 5.91 Å². The first-order valence-corrected chi connectivity index (χ1v) is 12.5. The number of esters is 1. The summed E-state index contributed by atoms with van der Waals surface area (Å²) in [6.07, 6.45) is 0. The average molecular weight is 491 g/mol. The van der Waals surface area contributed by atoms with Crippen LogP contribution in [0.15, 0.2) is 46.7 Å². The van der Waals surface area contributed by atoms with Crippen molar-refractivity contribution in [3.05, 3.63) is 69.2 Å². The molecule has 0 fully saturated rings. The largest absolute Gasteiger partial charge is 0.456 e. The molecule has 0 saturated heterocycles. The van der Waals surface area contributed by atoms with Crippen LogP contribution in [0.5, 0.6) is 0 Å². The Bertz CT molecular complexity index is 1170. The van der Waals surface area contributed by atoms with E-state index in [9.17, 15) is 13.8 Å². The van der Waals surface area contributed by atoms with Crippen molar-refractivity contribution in [3.63, 3.8) is 0 Å². The number of amides is 1. The maximum absolute atomic E-state index is 12.6. The quantitative estimate of drug-likeness (QED) is 0.404. The minimum atomic E-state index is -1.28. The second-order valence-electron chi connectivity index (χ2n) is 7.09. The highest BCUT2D eigenvalue weighted by atomic mass is 35.5. The van der Waals surface area contributed by atoms with Gasteiger partial charge in [-0.1, -0.05) is 36.7 Å². The van der Waals surface area contributed by atoms with Crippen LogP contribution >= 0.6 is 22.9 Å². The van der Waals surface area contributed by atoms with Crippen LogP contribution in [0.1, 0.15) is 41.0 Å². The Kier molecular flexibility index (Phi) is 7.82. The van der Waals surface area contributed by atoms with Crippen LogP contribution in [0.3, 0.4) is 0 Å². The maximum atomic E-state index is 12.6. The van der Waals surface area contributed by atoms with Gasteiger partial charge in [0.05, 0.1) is 37.7 Å². The Morgan fingerprint density at radius 1 is 1.22 bits per heavy atom. The summed E-state index contributed by atoms with van der Waals surface area (Å²) in [6.45, 7) is 6.98. The number of thiazole rings is 1. The van der Waals surface area contributed by atoms with Crippen molar-refractivity contribution in [2.45, 2.75) is 39.2 Å². The maximum Gasteiger partial charge on any atom is 0.339 e. The topological polar surface area (TPSA) is 76.6 Å². The first kappa shape index (κ1) is 24.1. The zero-order chi connectivity index (χ0) is 23.4. The van der Waals surface area contributed by atoms with E-state index < -0.39 is 16.8 Å². The first-order chi connectivity index (χ1) is 15.2. The van der Waals surface area contributed by atoms with Crippen LogP contribution in [-0.2, 0) is 26.9 Å². The van der Waals surface area contributed by atoms with Gasteiger partial charge in [0.25, 0.3) is 0 Å². The van der Waals surface area contributed by atoms with Crippen LogP contribution in [0.25, 0.3) is 0 Å². The Labute approximate surface area is 198 Å². The molecule has 2 aromatic carbocycles. The molecule has 1 atom stereocenters. The van der Waals surface area contributed by atoms with Crippen molar-refractivity contribution in [1.82, 2.24) is 4.98 Å². The summed E-state index contributed by atoms with van der Waals surface area (Å²) in [5, 5.41) is 2.62. The van der Waals surface area contributed by atoms with E-state index in [-0.39, 0.29) is 18.1 Å². The lowest BCUT2D eigenvalue weighted by atomic mass is 10.1. The molecule has 0 saturated carbocycles. The minimum absolute atomic E-state index is 0.0746. The van der Waals surface area contributed by atoms with Gasteiger partial charge in [-0.25, -0.2) is 9.78 Å². The normalized spacial score (nSPS) is 11.8. The SMILES string of the molecule is CCS(=O)c1ccccc1C(=O)OCc1csc(N(C(C)=O)c2c(C)cc(C)cc2Cl)n1. The van der Waals surface area contributed by atoms with Gasteiger partial charge in [-0.05, 0) is 43.2 Å². The molecule has 32 heavy (non-hydrogen) atoms. The molecule has 6 nitrogen and oxygen atoms in total. The summed E-state index contributed by atoms with van der Waals surface area (Å²) >= 11 is 7.70. The number of hydrogen-bond acceptors (Lipinski definition) is 6. The van der Waals surface area contributed by atoms with Gasteiger partial charge in [-0.2, -0.15) is 0 Å². The summed E-state index contributed by atoms with van der Waals surface area (Å²) in [5.41, 5.74) is 3.21. The second-order valence-corrected chi connectivity index (χ2v) is 10.0. The number of carbonyl (C=O) groups is 2. The molecule has 0 spiro atoms. The number of ether oxygens (including phenoxy) is 1. The van der Waals surface area contributed by atoms with E-state index in [1.54, 1.807) is 42.6 Å². The van der Waals surface area contributed by atoms with E-state index in [1.165, 1.54) is 23.2 Å². The number of carbonyl (C=O) groups excluding carboxylic acids is 2. The highest BCUT2D eigenvalue weighted by Gasteiger charge is 2.23. The average Bonchev–Trinajstić information content (AvgIpc) is 3.21. The molecule has 1 amide bonds. The molecule has 1 aromatic heterocycles. The third-order valence-electron chi connectivity index (χ3n) is 4.63. The number of aryl methyl sites for hydroxylation is 2. The standard InChI is InChI=1S/C23H23ClN2O4S2/c1-5-32(29)20-9-7-6-8-18(20)22(28)30-12-17-13-31-23(25-17)26(16(4)27)21-15(3)10-14(2)11-19(21)24/h6-11,13H,5,12H2,1-4H3. The first-order valence-electron chi connectivity index (χ1n) is 9.89. The molecule has 3 rings (SSSR count). The van der Waals surface area contributed by atoms with Gasteiger partial charge in [0, 0.05) is 18.1 Å². The summed E-state index contributed by atoms with van der Waals surface area (Å²) in [6, 6.07) is 10.4. The summed E-state index contributed by atoms with van der Waals surface area (Å²) in [5.74, 6) is -0.396. The molecule has 3 aromatic rings. The zero-order valence-corrected chi connectivity index (χ0v) is 20.6. The minimum Gasteiger partial charge on any atom is -0.456 e. The molecule has 9 heteroatoms. The van der Waals surface area contributed by atoms with E-state index in [1.807, 2.05) is 19.9 Å². The van der Waals surface area contributed by atoms with Gasteiger partial charge >= 0.3 is 5.97 Å². The molecule has 0 aliphatic heterocycles. The lowest BCUT2D eigenvalue weighted by molar-refractivity contribution is -0.115. The van der Waals surface area contributed by atoms with Crippen molar-refractivity contribution in [1.29, 1.82) is 0 Å². The van der Waals surface area contributed by atoms with Crippen molar-refractivity contribution < 1.29 is 18.5 Å². The predicted octanol–water partition coefficient (Wildman–Crippen LogP) is 5.58. The smallest absolute Gasteiger partial charge is 0.339 e. The van der Waals surface area contributed by atoms with E-state index in [4.69, 9.17) is 16.3 Å². The molecular weight excluding hydrogens is 468 g/mol. The van der Waals surface area contributed by atoms with Gasteiger partial charge in [-0.3, -0.25) is 13.9 Å². The summed E-state index contributed by atoms with van der Waals surface area (Å²) < 4.78 is 17.6. The van der Waals surface area contributed by atoms with E-state index in [2.05, 4.69) is 4.98 Å². The Balaban J connectivity index is 1.81. The third-order valence-corrected chi connectivity index (χ3v) is 7.17. The molecular formula is C23H23ClN2O4S2. The lowest BCUT2D eigenvalue weighted by Crippen LogP contribution is -2.24. The fourth-order valence-electron chi connectivity index (χ4n) is 3.25. The highest BCUT2D eigenvalue weighted by Crippen LogP contribution is 2.37. The van der Waals surface area contributed by atoms with Crippen LogP contribution in [0, 0.1) is 13.8 Å². The fourth-order valence-corrected chi connectivity index (χ4v) is 5.45. The molecule has 168 valence electrons. The zero-order valence-electron chi connectivity index (χ0n) is 18.2. The molecule has 0 radical (unpaired) electrons. The van der Waals surface area contributed by atoms with Gasteiger partial charge in [-0.15, -0.1) is 11.3 Å². The van der Waals surface area contributed by atoms with Crippen LogP contribution in [0.2, 0.25) is 5.02 Å². The van der Waals surface area contributed by atoms with Crippen LogP contribution in [0.4, 0.5) is 10.8 Å². The van der Waals surface area contributed by atoms with Crippen LogP contribution < -0.4 is 4.90 Å². The summed E-state index contributed by atoms with van der Waals surface area (Å²) in [7, 11) is -1.28. The molecule has 0 bridgehead atoms. The number of anilines is 2. The molecule has 0 aliphatic rings. The number of halogens is 1. The highest BCUT2D eigenvalue weighted by molar-refractivity contribution is 7.85. The molecule has 1 unspecified atom stereocenters. The van der Waals surface area contributed by atoms with Crippen molar-refractivity contribution in [2.24, 2.45) is 0 Å². The monoisotopic (exact) mass is 490 g/mol. The molecule has 1 heterocycles. The Morgan fingerprint density at radius 3 is 2.59 bits per heavy atom. The van der Waals surface area contributed by atoms with Crippen molar-refractivity contribution in [2.75, 3.05) is 10.7 Å². The Hall–Kier alpha value is -2.55. The van der Waals surface area contributed by atoms with Crippen LogP contribution in [-0.4, -0.2) is 26.8 Å². The number of benzene rings is 2. The molecule has 0 N–H and O–H groups in total. The van der Waals surface area contributed by atoms with Crippen molar-refractivity contribution in [3.8, 4) is 0 Å². The third kappa shape index (κ3) is 5.26. The van der Waals surface area contributed by atoms with Gasteiger partial charge in [0.1, 0.15) is 6.61 Å². The number of rotatable bonds is 7. The van der Waals surface area contributed by atoms with E-state index in [0.29, 0.717) is 32.2 Å². The number of nitrogens with zero attached hydrogens (tertiary/aromatic N) is 2. The number of hydrogen-bond donors (Lipinski definition) is 0. The lowest BCUT2D eigenvalue weighted by Gasteiger charge is -2.22. The Morgan fingerprint density at radius 2 is 1.94 bits per heavy atom. The van der Waals surface area contributed by atoms with Gasteiger partial charge in [0.15, 0.2) is 5.13 Å². The summed E-state index contributed by atoms with van der Waals surface area (Å²) in [4.78, 5) is 31.4. The van der Waals surface area contributed by atoms with Gasteiger partial charge < -0.3 is 4.74 Å². The number of aromatic nitrogens is 1. The van der Waals surface area contributed by atoms with E-state index in [0.717, 1.165) is 11.1 Å². The predicted molar refractivity (Wildman–Crippen MR) is 128 cm³/mol. The fraction of sp³-hybridized carbons (Fsp3) is 0.261. The van der Waals surface area contributed by atoms with Crippen molar-refractivity contribution >= 4 is 56.4 Å². The molecule has 0 aliphatic carbocycles.